The van der Waals surface area contributed by atoms with E-state index in [1.54, 1.807) is 25.3 Å². The second-order valence-corrected chi connectivity index (χ2v) is 5.33. The number of carbonyl (C=O) groups excluding carboxylic acids is 1. The third-order valence-corrected chi connectivity index (χ3v) is 3.80. The first-order chi connectivity index (χ1) is 11.7. The number of hydrogen-bond donors (Lipinski definition) is 0. The first-order valence-electron chi connectivity index (χ1n) is 7.58. The highest BCUT2D eigenvalue weighted by Crippen LogP contribution is 2.28. The van der Waals surface area contributed by atoms with Gasteiger partial charge in [-0.25, -0.2) is 4.79 Å². The third kappa shape index (κ3) is 3.33. The summed E-state index contributed by atoms with van der Waals surface area (Å²) in [7, 11) is 3.08. The second kappa shape index (κ2) is 7.04. The molecule has 0 atom stereocenters. The standard InChI is InChI=1S/C20H18O4/c1-22-18-10-9-17(12-19(18)23-2)20(21)24-13-14-7-8-15-5-3-4-6-16(15)11-14/h3-12H,13H2,1-2H3. The number of rotatable bonds is 5. The van der Waals surface area contributed by atoms with Gasteiger partial charge >= 0.3 is 5.97 Å². The summed E-state index contributed by atoms with van der Waals surface area (Å²) in [5.74, 6) is 0.672. The van der Waals surface area contributed by atoms with E-state index in [2.05, 4.69) is 6.07 Å². The summed E-state index contributed by atoms with van der Waals surface area (Å²) in [4.78, 5) is 12.2. The molecule has 0 saturated carbocycles. The number of hydrogen-bond acceptors (Lipinski definition) is 4. The van der Waals surface area contributed by atoms with Crippen LogP contribution in [-0.2, 0) is 11.3 Å². The van der Waals surface area contributed by atoms with E-state index in [9.17, 15) is 4.79 Å². The smallest absolute Gasteiger partial charge is 0.338 e. The maximum Gasteiger partial charge on any atom is 0.338 e. The van der Waals surface area contributed by atoms with Crippen LogP contribution in [0.5, 0.6) is 11.5 Å². The molecule has 0 aromatic heterocycles. The van der Waals surface area contributed by atoms with E-state index >= 15 is 0 Å². The lowest BCUT2D eigenvalue weighted by Gasteiger charge is -2.10. The minimum Gasteiger partial charge on any atom is -0.493 e. The van der Waals surface area contributed by atoms with E-state index in [-0.39, 0.29) is 6.61 Å². The van der Waals surface area contributed by atoms with Gasteiger partial charge in [0.25, 0.3) is 0 Å². The van der Waals surface area contributed by atoms with Crippen molar-refractivity contribution in [2.24, 2.45) is 0 Å². The molecule has 4 nitrogen and oxygen atoms in total. The molecule has 3 aromatic carbocycles. The molecule has 0 aliphatic heterocycles. The van der Waals surface area contributed by atoms with Crippen LogP contribution in [0.2, 0.25) is 0 Å². The lowest BCUT2D eigenvalue weighted by Crippen LogP contribution is -2.06. The Kier molecular flexibility index (Phi) is 4.66. The number of benzene rings is 3. The first kappa shape index (κ1) is 15.9. The van der Waals surface area contributed by atoms with Crippen LogP contribution >= 0.6 is 0 Å². The van der Waals surface area contributed by atoms with Crippen LogP contribution in [0.4, 0.5) is 0 Å². The Bertz CT molecular complexity index is 870. The molecule has 0 spiro atoms. The highest BCUT2D eigenvalue weighted by Gasteiger charge is 2.12. The predicted molar refractivity (Wildman–Crippen MR) is 92.6 cm³/mol. The number of fused-ring (bicyclic) bond motifs is 1. The van der Waals surface area contributed by atoms with Gasteiger partial charge in [0.1, 0.15) is 6.61 Å². The van der Waals surface area contributed by atoms with Crippen LogP contribution in [0.1, 0.15) is 15.9 Å². The van der Waals surface area contributed by atoms with Crippen LogP contribution in [0.3, 0.4) is 0 Å². The lowest BCUT2D eigenvalue weighted by molar-refractivity contribution is 0.0472. The summed E-state index contributed by atoms with van der Waals surface area (Å²) < 4.78 is 15.8. The van der Waals surface area contributed by atoms with Crippen molar-refractivity contribution in [2.45, 2.75) is 6.61 Å². The Morgan fingerprint density at radius 1 is 0.833 bits per heavy atom. The first-order valence-corrected chi connectivity index (χ1v) is 7.58. The van der Waals surface area contributed by atoms with Gasteiger partial charge in [-0.1, -0.05) is 36.4 Å². The van der Waals surface area contributed by atoms with Crippen molar-refractivity contribution in [3.63, 3.8) is 0 Å². The molecule has 0 amide bonds. The van der Waals surface area contributed by atoms with Gasteiger partial charge in [-0.3, -0.25) is 0 Å². The molecule has 0 N–H and O–H groups in total. The van der Waals surface area contributed by atoms with Gasteiger partial charge in [-0.2, -0.15) is 0 Å². The van der Waals surface area contributed by atoms with Crippen LogP contribution in [0.25, 0.3) is 10.8 Å². The van der Waals surface area contributed by atoms with Crippen LogP contribution < -0.4 is 9.47 Å². The van der Waals surface area contributed by atoms with E-state index in [0.29, 0.717) is 17.1 Å². The quantitative estimate of drug-likeness (QED) is 0.660. The fourth-order valence-corrected chi connectivity index (χ4v) is 2.52. The summed E-state index contributed by atoms with van der Waals surface area (Å²) in [6.45, 7) is 0.220. The molecule has 0 saturated heterocycles. The monoisotopic (exact) mass is 322 g/mol. The van der Waals surface area contributed by atoms with Crippen LogP contribution in [0.15, 0.2) is 60.7 Å². The predicted octanol–water partition coefficient (Wildman–Crippen LogP) is 4.21. The molecule has 3 rings (SSSR count). The van der Waals surface area contributed by atoms with Gasteiger partial charge in [0.15, 0.2) is 11.5 Å². The van der Waals surface area contributed by atoms with Gasteiger partial charge in [0.05, 0.1) is 19.8 Å². The summed E-state index contributed by atoms with van der Waals surface area (Å²) in [6.07, 6.45) is 0. The maximum atomic E-state index is 12.2. The van der Waals surface area contributed by atoms with Crippen molar-refractivity contribution in [1.29, 1.82) is 0 Å². The van der Waals surface area contributed by atoms with Gasteiger partial charge in [0.2, 0.25) is 0 Å². The molecule has 24 heavy (non-hydrogen) atoms. The molecule has 0 radical (unpaired) electrons. The largest absolute Gasteiger partial charge is 0.493 e. The second-order valence-electron chi connectivity index (χ2n) is 5.33. The van der Waals surface area contributed by atoms with E-state index in [1.807, 2.05) is 36.4 Å². The molecule has 0 aliphatic carbocycles. The molecule has 0 bridgehead atoms. The molecule has 122 valence electrons. The minimum absolute atomic E-state index is 0.220. The number of ether oxygens (including phenoxy) is 3. The molecule has 0 fully saturated rings. The van der Waals surface area contributed by atoms with E-state index in [1.165, 1.54) is 7.11 Å². The normalized spacial score (nSPS) is 10.4. The summed E-state index contributed by atoms with van der Waals surface area (Å²) in [6, 6.07) is 19.0. The van der Waals surface area contributed by atoms with Crippen molar-refractivity contribution in [2.75, 3.05) is 14.2 Å². The van der Waals surface area contributed by atoms with Crippen molar-refractivity contribution in [1.82, 2.24) is 0 Å². The fourth-order valence-electron chi connectivity index (χ4n) is 2.52. The highest BCUT2D eigenvalue weighted by atomic mass is 16.5. The average Bonchev–Trinajstić information content (AvgIpc) is 2.65. The summed E-state index contributed by atoms with van der Waals surface area (Å²) in [5.41, 5.74) is 1.37. The summed E-state index contributed by atoms with van der Waals surface area (Å²) in [5, 5.41) is 2.28. The van der Waals surface area contributed by atoms with Crippen LogP contribution in [0, 0.1) is 0 Å². The van der Waals surface area contributed by atoms with E-state index < -0.39 is 5.97 Å². The third-order valence-electron chi connectivity index (χ3n) is 3.80. The number of carbonyl (C=O) groups is 1. The molecule has 0 unspecified atom stereocenters. The Balaban J connectivity index is 1.72. The Labute approximate surface area is 140 Å². The van der Waals surface area contributed by atoms with E-state index in [4.69, 9.17) is 14.2 Å². The maximum absolute atomic E-state index is 12.2. The van der Waals surface area contributed by atoms with E-state index in [0.717, 1.165) is 16.3 Å². The van der Waals surface area contributed by atoms with Gasteiger partial charge in [-0.05, 0) is 40.6 Å². The minimum atomic E-state index is -0.399. The summed E-state index contributed by atoms with van der Waals surface area (Å²) >= 11 is 0. The fraction of sp³-hybridized carbons (Fsp3) is 0.150. The molecular formula is C20H18O4. The Morgan fingerprint density at radius 3 is 2.33 bits per heavy atom. The number of methoxy groups -OCH3 is 2. The van der Waals surface area contributed by atoms with Gasteiger partial charge in [-0.15, -0.1) is 0 Å². The molecule has 0 heterocycles. The van der Waals surface area contributed by atoms with Crippen molar-refractivity contribution < 1.29 is 19.0 Å². The zero-order valence-electron chi connectivity index (χ0n) is 13.6. The van der Waals surface area contributed by atoms with Crippen LogP contribution in [-0.4, -0.2) is 20.2 Å². The number of esters is 1. The highest BCUT2D eigenvalue weighted by molar-refractivity contribution is 5.90. The SMILES string of the molecule is COc1ccc(C(=O)OCc2ccc3ccccc3c2)cc1OC. The van der Waals surface area contributed by atoms with Crippen molar-refractivity contribution in [3.8, 4) is 11.5 Å². The van der Waals surface area contributed by atoms with Crippen molar-refractivity contribution in [3.05, 3.63) is 71.8 Å². The van der Waals surface area contributed by atoms with Gasteiger partial charge < -0.3 is 14.2 Å². The average molecular weight is 322 g/mol. The molecule has 3 aromatic rings. The Hall–Kier alpha value is -3.01. The molecule has 4 heteroatoms. The van der Waals surface area contributed by atoms with Gasteiger partial charge in [0, 0.05) is 0 Å². The molecular weight excluding hydrogens is 304 g/mol. The van der Waals surface area contributed by atoms with Crippen molar-refractivity contribution >= 4 is 16.7 Å². The Morgan fingerprint density at radius 2 is 1.58 bits per heavy atom. The topological polar surface area (TPSA) is 44.8 Å². The molecule has 0 aliphatic rings. The lowest BCUT2D eigenvalue weighted by atomic mass is 10.1. The zero-order chi connectivity index (χ0) is 16.9. The zero-order valence-corrected chi connectivity index (χ0v) is 13.6.